The minimum atomic E-state index is 1.06. The molecule has 12 aromatic rings. The van der Waals surface area contributed by atoms with Crippen LogP contribution in [0.25, 0.3) is 78.7 Å². The third-order valence-electron chi connectivity index (χ3n) is 21.2. The van der Waals surface area contributed by atoms with Crippen LogP contribution in [0.4, 0.5) is 0 Å². The third-order valence-corrected chi connectivity index (χ3v) is 21.2. The molecule has 0 aliphatic heterocycles. The van der Waals surface area contributed by atoms with Crippen LogP contribution in [-0.4, -0.2) is 24.9 Å². The summed E-state index contributed by atoms with van der Waals surface area (Å²) in [6.07, 6.45) is 44.2. The summed E-state index contributed by atoms with van der Waals surface area (Å²) in [6.45, 7) is 19.4. The summed E-state index contributed by atoms with van der Waals surface area (Å²) >= 11 is 0. The zero-order valence-corrected chi connectivity index (χ0v) is 61.8. The van der Waals surface area contributed by atoms with E-state index in [0.29, 0.717) is 0 Å². The van der Waals surface area contributed by atoms with E-state index in [2.05, 4.69) is 281 Å². The molecule has 4 aliphatic carbocycles. The van der Waals surface area contributed by atoms with Crippen molar-refractivity contribution < 1.29 is 22.8 Å². The van der Waals surface area contributed by atoms with Crippen molar-refractivity contribution >= 4 is 0 Å². The molecule has 0 saturated heterocycles. The fourth-order valence-electron chi connectivity index (χ4n) is 15.7. The molecule has 0 N–H and O–H groups in total. The van der Waals surface area contributed by atoms with Crippen molar-refractivity contribution in [3.63, 3.8) is 0 Å². The summed E-state index contributed by atoms with van der Waals surface area (Å²) in [5, 5.41) is 0. The largest absolute Gasteiger partial charge is 0.264 e. The Morgan fingerprint density at radius 1 is 0.300 bits per heavy atom. The maximum atomic E-state index is 5.02. The Hall–Kier alpha value is -10.1. The van der Waals surface area contributed by atoms with Crippen molar-refractivity contribution in [2.75, 3.05) is 0 Å². The molecule has 16 rings (SSSR count). The van der Waals surface area contributed by atoms with Gasteiger partial charge in [0.1, 0.15) is 35.2 Å². The number of benzene rings is 2. The second-order valence-corrected chi connectivity index (χ2v) is 28.4. The molecule has 10 heterocycles. The third kappa shape index (κ3) is 15.4. The van der Waals surface area contributed by atoms with Crippen molar-refractivity contribution in [1.29, 1.82) is 0 Å². The molecule has 0 spiro atoms. The van der Waals surface area contributed by atoms with Crippen molar-refractivity contribution in [1.82, 2.24) is 24.9 Å². The van der Waals surface area contributed by atoms with E-state index < -0.39 is 0 Å². The van der Waals surface area contributed by atoms with Gasteiger partial charge in [0.2, 0.25) is 28.5 Å². The molecular formula is C90H101N10+5. The van der Waals surface area contributed by atoms with Crippen LogP contribution in [0.15, 0.2) is 190 Å². The van der Waals surface area contributed by atoms with E-state index in [-0.39, 0.29) is 0 Å². The summed E-state index contributed by atoms with van der Waals surface area (Å²) in [5.41, 5.74) is 41.0. The monoisotopic (exact) mass is 1320 g/mol. The highest BCUT2D eigenvalue weighted by Crippen LogP contribution is 2.36. The van der Waals surface area contributed by atoms with Gasteiger partial charge in [-0.2, -0.15) is 0 Å². The average Bonchev–Trinajstić information content (AvgIpc) is 0.900. The Morgan fingerprint density at radius 2 is 0.710 bits per heavy atom. The first-order valence-electron chi connectivity index (χ1n) is 36.2. The number of aromatic nitrogens is 10. The molecule has 2 aromatic carbocycles. The maximum absolute atomic E-state index is 5.02. The van der Waals surface area contributed by atoms with Crippen molar-refractivity contribution in [2.45, 2.75) is 152 Å². The lowest BCUT2D eigenvalue weighted by Gasteiger charge is -2.17. The molecule has 0 unspecified atom stereocenters. The Morgan fingerprint density at radius 3 is 1.21 bits per heavy atom. The molecule has 0 fully saturated rings. The van der Waals surface area contributed by atoms with Crippen LogP contribution in [0.2, 0.25) is 0 Å². The molecule has 0 bridgehead atoms. The zero-order chi connectivity index (χ0) is 70.1. The molecule has 0 saturated carbocycles. The lowest BCUT2D eigenvalue weighted by molar-refractivity contribution is -0.661. The summed E-state index contributed by atoms with van der Waals surface area (Å²) in [4.78, 5) is 22.1. The van der Waals surface area contributed by atoms with Crippen LogP contribution in [0.1, 0.15) is 133 Å². The molecular weight excluding hydrogens is 1220 g/mol. The normalized spacial score (nSPS) is 13.1. The Labute approximate surface area is 595 Å². The second-order valence-electron chi connectivity index (χ2n) is 28.4. The Bertz CT molecular complexity index is 4940. The van der Waals surface area contributed by atoms with Gasteiger partial charge < -0.3 is 0 Å². The molecule has 10 heteroatoms. The van der Waals surface area contributed by atoms with E-state index in [9.17, 15) is 0 Å². The predicted octanol–water partition coefficient (Wildman–Crippen LogP) is 16.7. The number of aryl methyl sites for hydroxylation is 20. The van der Waals surface area contributed by atoms with Crippen LogP contribution in [-0.2, 0) is 86.6 Å². The van der Waals surface area contributed by atoms with Gasteiger partial charge in [0, 0.05) is 113 Å². The summed E-state index contributed by atoms with van der Waals surface area (Å²) in [7, 11) is 10.6. The van der Waals surface area contributed by atoms with Crippen LogP contribution in [0, 0.1) is 62.3 Å². The fourth-order valence-corrected chi connectivity index (χ4v) is 15.7. The molecule has 10 nitrogen and oxygen atoms in total. The quantitative estimate of drug-likeness (QED) is 0.148. The minimum absolute atomic E-state index is 1.06. The van der Waals surface area contributed by atoms with Crippen LogP contribution in [0.5, 0.6) is 0 Å². The van der Waals surface area contributed by atoms with Crippen LogP contribution >= 0.6 is 0 Å². The minimum Gasteiger partial charge on any atom is -0.264 e. The van der Waals surface area contributed by atoms with E-state index in [0.717, 1.165) is 11.4 Å². The van der Waals surface area contributed by atoms with Gasteiger partial charge in [-0.05, 0) is 261 Å². The SMILES string of the molecule is Cc1ccccc1-c1ccc(-c2c(C)cc(-c3c(C)cccc3C)nc2C)[n+](C)c1.Cc1ccncc1-c1c2c(cc[n+]1C)CCC2.Cc1ccncc1-c1c2c(cc[n+]1C)CCCC2.Cc1ccncc1-c1cc2c(c[n+]1C)CCC2.Cc1ccncc1-c1cc2c(c[n+]1C)CCCC2. The number of nitrogens with zero attached hydrogens (tertiary/aromatic N) is 10. The van der Waals surface area contributed by atoms with Crippen LogP contribution in [0.3, 0.4) is 0 Å². The van der Waals surface area contributed by atoms with Crippen LogP contribution < -0.4 is 22.8 Å². The smallest absolute Gasteiger partial charge is 0.217 e. The number of hydrogen-bond donors (Lipinski definition) is 0. The van der Waals surface area contributed by atoms with Gasteiger partial charge in [0.15, 0.2) is 31.0 Å². The number of hydrogen-bond acceptors (Lipinski definition) is 5. The van der Waals surface area contributed by atoms with Gasteiger partial charge in [-0.1, -0.05) is 42.5 Å². The molecule has 4 aliphatic rings. The van der Waals surface area contributed by atoms with Crippen molar-refractivity contribution in [3.05, 3.63) is 284 Å². The average molecular weight is 1320 g/mol. The predicted molar refractivity (Wildman–Crippen MR) is 405 cm³/mol. The van der Waals surface area contributed by atoms with Gasteiger partial charge in [-0.25, -0.2) is 22.8 Å². The Balaban J connectivity index is 0.000000121. The van der Waals surface area contributed by atoms with E-state index in [4.69, 9.17) is 4.98 Å². The lowest BCUT2D eigenvalue weighted by atomic mass is 9.88. The fraction of sp³-hybridized carbons (Fsp3) is 0.311. The van der Waals surface area contributed by atoms with Gasteiger partial charge in [-0.15, -0.1) is 0 Å². The van der Waals surface area contributed by atoms with Gasteiger partial charge in [0.05, 0.1) is 39.2 Å². The standard InChI is InChI=1S/C28H29N2.2C16H19N2.2C15H17N2/c1-18-10-7-8-13-24(18)23-14-15-26(30(6)17-23)28-21(4)16-25(29-22(28)5)27-19(2)11-9-12-20(27)3;1-12-7-9-17-11-15(12)16-14-6-4-3-5-13(14)8-10-18(16)2;1-12-7-8-17-10-15(12)16-9-13-5-3-4-6-14(13)11-18(16)2;1-11-6-8-16-10-14(11)15-13-5-3-4-12(13)7-9-17(15)2;1-11-6-7-16-9-14(11)15-8-12-4-3-5-13(12)10-17(15)2/h7-17H,1-6H3;2*7-11H,3-6H2,1-2H3;2*6-10H,3-5H2,1-2H3/q5*+1. The molecule has 0 radical (unpaired) electrons. The van der Waals surface area contributed by atoms with Gasteiger partial charge >= 0.3 is 0 Å². The van der Waals surface area contributed by atoms with Gasteiger partial charge in [0.25, 0.3) is 0 Å². The molecule has 0 atom stereocenters. The summed E-state index contributed by atoms with van der Waals surface area (Å²) in [5.74, 6) is 0. The first-order valence-corrected chi connectivity index (χ1v) is 36.2. The molecule has 506 valence electrons. The Kier molecular flexibility index (Phi) is 21.9. The molecule has 100 heavy (non-hydrogen) atoms. The highest BCUT2D eigenvalue weighted by Gasteiger charge is 2.28. The summed E-state index contributed by atoms with van der Waals surface area (Å²) in [6, 6.07) is 39.2. The number of pyridine rings is 10. The highest BCUT2D eigenvalue weighted by molar-refractivity contribution is 5.75. The first kappa shape index (κ1) is 69.8. The van der Waals surface area contributed by atoms with E-state index in [1.807, 2.05) is 49.6 Å². The molecule has 0 amide bonds. The number of rotatable bonds is 7. The van der Waals surface area contributed by atoms with Gasteiger partial charge in [-0.3, -0.25) is 24.9 Å². The van der Waals surface area contributed by atoms with E-state index >= 15 is 0 Å². The summed E-state index contributed by atoms with van der Waals surface area (Å²) < 4.78 is 11.2. The highest BCUT2D eigenvalue weighted by atomic mass is 15.0. The topological polar surface area (TPSA) is 83.8 Å². The van der Waals surface area contributed by atoms with E-state index in [1.165, 1.54) is 252 Å². The second kappa shape index (κ2) is 31.4. The lowest BCUT2D eigenvalue weighted by Crippen LogP contribution is -2.33. The first-order chi connectivity index (χ1) is 48.4. The van der Waals surface area contributed by atoms with E-state index in [1.54, 1.807) is 0 Å². The van der Waals surface area contributed by atoms with Crippen molar-refractivity contribution in [3.8, 4) is 78.7 Å². The molecule has 10 aromatic heterocycles. The van der Waals surface area contributed by atoms with Crippen molar-refractivity contribution in [2.24, 2.45) is 35.2 Å². The zero-order valence-electron chi connectivity index (χ0n) is 61.8. The number of fused-ring (bicyclic) bond motifs is 4. The maximum Gasteiger partial charge on any atom is 0.217 e.